The molecule has 2 amide bonds. The second-order valence-corrected chi connectivity index (χ2v) is 7.91. The van der Waals surface area contributed by atoms with Crippen molar-refractivity contribution in [2.75, 3.05) is 12.3 Å². The summed E-state index contributed by atoms with van der Waals surface area (Å²) in [5.74, 6) is -0.385. The highest BCUT2D eigenvalue weighted by molar-refractivity contribution is 8.00. The predicted molar refractivity (Wildman–Crippen MR) is 99.3 cm³/mol. The van der Waals surface area contributed by atoms with Crippen LogP contribution in [-0.2, 0) is 24.0 Å². The largest absolute Gasteiger partial charge is 0.451 e. The summed E-state index contributed by atoms with van der Waals surface area (Å²) in [6.45, 7) is 4.05. The van der Waals surface area contributed by atoms with Gasteiger partial charge in [-0.3, -0.25) is 9.59 Å². The molecule has 6 nitrogen and oxygen atoms in total. The van der Waals surface area contributed by atoms with Gasteiger partial charge in [-0.15, -0.1) is 11.8 Å². The smallest absolute Gasteiger partial charge is 0.330 e. The third-order valence-electron chi connectivity index (χ3n) is 4.84. The molecule has 0 spiro atoms. The lowest BCUT2D eigenvalue weighted by Crippen LogP contribution is -2.48. The molecule has 0 aliphatic carbocycles. The summed E-state index contributed by atoms with van der Waals surface area (Å²) in [6.07, 6.45) is 1.03. The topological polar surface area (TPSA) is 75.7 Å². The van der Waals surface area contributed by atoms with Gasteiger partial charge in [0.05, 0.1) is 0 Å². The third-order valence-corrected chi connectivity index (χ3v) is 6.43. The minimum Gasteiger partial charge on any atom is -0.451 e. The standard InChI is InChI=1S/C19H24N2O4S/c1-3-11-20-17(23)13(2)25-18(24)15-12-26-19(10-9-16(22)21(15)19)14-7-5-4-6-8-14/h4-8,13,15H,3,9-12H2,1-2H3,(H,20,23)/t13-,15+,19+/m0/s1. The molecule has 0 saturated carbocycles. The molecule has 1 aromatic carbocycles. The Kier molecular flexibility index (Phi) is 5.55. The van der Waals surface area contributed by atoms with Crippen molar-refractivity contribution in [1.29, 1.82) is 0 Å². The second-order valence-electron chi connectivity index (χ2n) is 6.61. The van der Waals surface area contributed by atoms with Crippen LogP contribution >= 0.6 is 11.8 Å². The Bertz CT molecular complexity index is 696. The first-order chi connectivity index (χ1) is 12.5. The van der Waals surface area contributed by atoms with Crippen molar-refractivity contribution in [3.05, 3.63) is 35.9 Å². The van der Waals surface area contributed by atoms with Crippen LogP contribution in [0.3, 0.4) is 0 Å². The molecule has 0 unspecified atom stereocenters. The van der Waals surface area contributed by atoms with Gasteiger partial charge in [-0.25, -0.2) is 4.79 Å². The summed E-state index contributed by atoms with van der Waals surface area (Å²) < 4.78 is 5.37. The number of hydrogen-bond acceptors (Lipinski definition) is 5. The van der Waals surface area contributed by atoms with Gasteiger partial charge in [-0.1, -0.05) is 37.3 Å². The van der Waals surface area contributed by atoms with Gasteiger partial charge in [0, 0.05) is 18.7 Å². The number of carbonyl (C=O) groups excluding carboxylic acids is 3. The normalized spacial score (nSPS) is 25.7. The Balaban J connectivity index is 1.74. The van der Waals surface area contributed by atoms with Gasteiger partial charge in [-0.05, 0) is 25.3 Å². The number of rotatable bonds is 6. The SMILES string of the molecule is CCCNC(=O)[C@H](C)OC(=O)[C@H]1CS[C@@]2(c3ccccc3)CCC(=O)N12. The average Bonchev–Trinajstić information content (AvgIpc) is 3.20. The number of nitrogens with one attached hydrogen (secondary N) is 1. The van der Waals surface area contributed by atoms with Crippen LogP contribution in [0, 0.1) is 0 Å². The van der Waals surface area contributed by atoms with E-state index in [0.717, 1.165) is 12.0 Å². The van der Waals surface area contributed by atoms with Gasteiger partial charge < -0.3 is 15.0 Å². The van der Waals surface area contributed by atoms with E-state index in [-0.39, 0.29) is 11.8 Å². The summed E-state index contributed by atoms with van der Waals surface area (Å²) >= 11 is 1.61. The number of esters is 1. The number of fused-ring (bicyclic) bond motifs is 1. The number of nitrogens with zero attached hydrogens (tertiary/aromatic N) is 1. The second kappa shape index (κ2) is 7.70. The van der Waals surface area contributed by atoms with Crippen LogP contribution in [0.1, 0.15) is 38.7 Å². The first-order valence-electron chi connectivity index (χ1n) is 8.99. The average molecular weight is 376 g/mol. The van der Waals surface area contributed by atoms with Gasteiger partial charge in [0.1, 0.15) is 10.9 Å². The Morgan fingerprint density at radius 2 is 2.12 bits per heavy atom. The summed E-state index contributed by atoms with van der Waals surface area (Å²) in [4.78, 5) is 38.3. The van der Waals surface area contributed by atoms with Crippen LogP contribution in [-0.4, -0.2) is 47.1 Å². The minimum absolute atomic E-state index is 0.0381. The number of benzene rings is 1. The van der Waals surface area contributed by atoms with Crippen molar-refractivity contribution >= 4 is 29.5 Å². The van der Waals surface area contributed by atoms with Crippen molar-refractivity contribution in [2.45, 2.75) is 50.1 Å². The molecule has 0 bridgehead atoms. The molecule has 1 N–H and O–H groups in total. The molecule has 2 heterocycles. The van der Waals surface area contributed by atoms with E-state index in [1.54, 1.807) is 23.6 Å². The number of hydrogen-bond donors (Lipinski definition) is 1. The highest BCUT2D eigenvalue weighted by Crippen LogP contribution is 2.54. The fraction of sp³-hybridized carbons (Fsp3) is 0.526. The van der Waals surface area contributed by atoms with Crippen LogP contribution in [0.4, 0.5) is 0 Å². The summed E-state index contributed by atoms with van der Waals surface area (Å²) in [7, 11) is 0. The molecule has 1 aromatic rings. The summed E-state index contributed by atoms with van der Waals surface area (Å²) in [5.41, 5.74) is 1.03. The molecule has 3 atom stereocenters. The summed E-state index contributed by atoms with van der Waals surface area (Å²) in [5, 5.41) is 2.71. The molecule has 2 aliphatic rings. The fourth-order valence-electron chi connectivity index (χ4n) is 3.51. The third kappa shape index (κ3) is 3.32. The lowest BCUT2D eigenvalue weighted by Gasteiger charge is -2.33. The maximum Gasteiger partial charge on any atom is 0.330 e. The highest BCUT2D eigenvalue weighted by atomic mass is 32.2. The van der Waals surface area contributed by atoms with Crippen molar-refractivity contribution in [2.24, 2.45) is 0 Å². The quantitative estimate of drug-likeness (QED) is 0.769. The number of thioether (sulfide) groups is 1. The first-order valence-corrected chi connectivity index (χ1v) is 9.98. The van der Waals surface area contributed by atoms with E-state index in [4.69, 9.17) is 4.74 Å². The fourth-order valence-corrected chi connectivity index (χ4v) is 5.15. The Labute approximate surface area is 157 Å². The lowest BCUT2D eigenvalue weighted by atomic mass is 10.0. The molecular weight excluding hydrogens is 352 g/mol. The Hall–Kier alpha value is -2.02. The minimum atomic E-state index is -0.872. The first kappa shape index (κ1) is 18.8. The van der Waals surface area contributed by atoms with E-state index in [9.17, 15) is 14.4 Å². The zero-order valence-corrected chi connectivity index (χ0v) is 15.9. The molecule has 2 saturated heterocycles. The zero-order chi connectivity index (χ0) is 18.7. The van der Waals surface area contributed by atoms with Crippen LogP contribution < -0.4 is 5.32 Å². The van der Waals surface area contributed by atoms with Crippen molar-refractivity contribution in [3.63, 3.8) is 0 Å². The van der Waals surface area contributed by atoms with Crippen molar-refractivity contribution < 1.29 is 19.1 Å². The van der Waals surface area contributed by atoms with E-state index in [2.05, 4.69) is 5.32 Å². The van der Waals surface area contributed by atoms with Gasteiger partial charge in [0.2, 0.25) is 5.91 Å². The monoisotopic (exact) mass is 376 g/mol. The maximum absolute atomic E-state index is 12.7. The molecule has 2 aliphatic heterocycles. The van der Waals surface area contributed by atoms with E-state index in [1.165, 1.54) is 0 Å². The number of carbonyl (C=O) groups is 3. The van der Waals surface area contributed by atoms with E-state index in [0.29, 0.717) is 25.1 Å². The molecular formula is C19H24N2O4S. The van der Waals surface area contributed by atoms with E-state index in [1.807, 2.05) is 37.3 Å². The van der Waals surface area contributed by atoms with Crippen molar-refractivity contribution in [3.8, 4) is 0 Å². The maximum atomic E-state index is 12.7. The molecule has 3 rings (SSSR count). The van der Waals surface area contributed by atoms with Gasteiger partial charge in [-0.2, -0.15) is 0 Å². The highest BCUT2D eigenvalue weighted by Gasteiger charge is 2.57. The van der Waals surface area contributed by atoms with Gasteiger partial charge in [0.15, 0.2) is 6.10 Å². The number of ether oxygens (including phenoxy) is 1. The van der Waals surface area contributed by atoms with Crippen LogP contribution in [0.2, 0.25) is 0 Å². The van der Waals surface area contributed by atoms with Crippen LogP contribution in [0.15, 0.2) is 30.3 Å². The molecule has 7 heteroatoms. The molecule has 26 heavy (non-hydrogen) atoms. The molecule has 2 fully saturated rings. The Morgan fingerprint density at radius 1 is 1.38 bits per heavy atom. The van der Waals surface area contributed by atoms with Gasteiger partial charge in [0.25, 0.3) is 5.91 Å². The predicted octanol–water partition coefficient (Wildman–Crippen LogP) is 2.04. The van der Waals surface area contributed by atoms with E-state index >= 15 is 0 Å². The number of amides is 2. The lowest BCUT2D eigenvalue weighted by molar-refractivity contribution is -0.161. The van der Waals surface area contributed by atoms with Gasteiger partial charge >= 0.3 is 5.97 Å². The summed E-state index contributed by atoms with van der Waals surface area (Å²) in [6, 6.07) is 9.15. The van der Waals surface area contributed by atoms with Crippen LogP contribution in [0.5, 0.6) is 0 Å². The molecule has 0 radical (unpaired) electrons. The Morgan fingerprint density at radius 3 is 2.81 bits per heavy atom. The zero-order valence-electron chi connectivity index (χ0n) is 15.1. The van der Waals surface area contributed by atoms with Crippen LogP contribution in [0.25, 0.3) is 0 Å². The van der Waals surface area contributed by atoms with Crippen molar-refractivity contribution in [1.82, 2.24) is 10.2 Å². The molecule has 0 aromatic heterocycles. The van der Waals surface area contributed by atoms with E-state index < -0.39 is 23.0 Å². The molecule has 140 valence electrons.